The van der Waals surface area contributed by atoms with Crippen molar-refractivity contribution in [1.82, 2.24) is 0 Å². The molecule has 0 aliphatic carbocycles. The molecule has 0 saturated carbocycles. The molecule has 1 amide bonds. The Balaban J connectivity index is 1.89. The first-order valence-corrected chi connectivity index (χ1v) is 10.5. The summed E-state index contributed by atoms with van der Waals surface area (Å²) in [6, 6.07) is 23.0. The Bertz CT molecular complexity index is 1200. The third-order valence-corrected chi connectivity index (χ3v) is 6.09. The molecule has 3 rings (SSSR count). The van der Waals surface area contributed by atoms with Crippen LogP contribution < -0.4 is 9.62 Å². The van der Waals surface area contributed by atoms with E-state index in [1.807, 2.05) is 6.07 Å². The molecule has 0 fully saturated rings. The van der Waals surface area contributed by atoms with Crippen molar-refractivity contribution in [3.8, 4) is 6.07 Å². The molecule has 0 bridgehead atoms. The molecule has 0 aromatic heterocycles. The smallest absolute Gasteiger partial charge is 0.264 e. The summed E-state index contributed by atoms with van der Waals surface area (Å²) >= 11 is 0. The zero-order valence-electron chi connectivity index (χ0n) is 16.0. The van der Waals surface area contributed by atoms with Crippen LogP contribution in [-0.2, 0) is 10.0 Å². The molecule has 7 heteroatoms. The summed E-state index contributed by atoms with van der Waals surface area (Å²) in [5, 5.41) is 11.6. The quantitative estimate of drug-likeness (QED) is 0.584. The Morgan fingerprint density at radius 2 is 1.73 bits per heavy atom. The SMILES string of the molecule is C=CCN(c1ccccc1)S(=O)(=O)c1cccc(C(=O)Nc2ccc(C#N)cc2)c1. The molecule has 0 aliphatic rings. The molecular weight excluding hydrogens is 398 g/mol. The minimum Gasteiger partial charge on any atom is -0.322 e. The van der Waals surface area contributed by atoms with E-state index in [1.54, 1.807) is 60.7 Å². The Morgan fingerprint density at radius 1 is 1.03 bits per heavy atom. The first-order valence-electron chi connectivity index (χ1n) is 9.06. The monoisotopic (exact) mass is 417 g/mol. The molecule has 6 nitrogen and oxygen atoms in total. The zero-order chi connectivity index (χ0) is 21.6. The van der Waals surface area contributed by atoms with Gasteiger partial charge in [-0.3, -0.25) is 9.10 Å². The van der Waals surface area contributed by atoms with Crippen LogP contribution in [0.5, 0.6) is 0 Å². The van der Waals surface area contributed by atoms with Crippen LogP contribution in [0, 0.1) is 11.3 Å². The van der Waals surface area contributed by atoms with E-state index in [1.165, 1.54) is 28.6 Å². The van der Waals surface area contributed by atoms with E-state index < -0.39 is 15.9 Å². The highest BCUT2D eigenvalue weighted by molar-refractivity contribution is 7.92. The van der Waals surface area contributed by atoms with Gasteiger partial charge in [-0.15, -0.1) is 6.58 Å². The number of nitriles is 1. The van der Waals surface area contributed by atoms with Crippen LogP contribution in [0.15, 0.2) is 96.4 Å². The number of para-hydroxylation sites is 1. The van der Waals surface area contributed by atoms with Crippen molar-refractivity contribution < 1.29 is 13.2 Å². The largest absolute Gasteiger partial charge is 0.322 e. The van der Waals surface area contributed by atoms with E-state index in [2.05, 4.69) is 11.9 Å². The number of sulfonamides is 1. The van der Waals surface area contributed by atoms with Crippen LogP contribution in [0.25, 0.3) is 0 Å². The van der Waals surface area contributed by atoms with Crippen LogP contribution in [0.3, 0.4) is 0 Å². The number of hydrogen-bond acceptors (Lipinski definition) is 4. The topological polar surface area (TPSA) is 90.3 Å². The molecular formula is C23H19N3O3S. The highest BCUT2D eigenvalue weighted by atomic mass is 32.2. The standard InChI is InChI=1S/C23H19N3O3S/c1-2-15-26(21-8-4-3-5-9-21)30(28,29)22-10-6-7-19(16-22)23(27)25-20-13-11-18(17-24)12-14-20/h2-14,16H,1,15H2,(H,25,27). The predicted octanol–water partition coefficient (Wildman–Crippen LogP) is 4.19. The molecule has 0 radical (unpaired) electrons. The average molecular weight is 417 g/mol. The highest BCUT2D eigenvalue weighted by Crippen LogP contribution is 2.24. The van der Waals surface area contributed by atoms with Crippen molar-refractivity contribution in [3.63, 3.8) is 0 Å². The number of nitrogens with zero attached hydrogens (tertiary/aromatic N) is 2. The van der Waals surface area contributed by atoms with Crippen LogP contribution >= 0.6 is 0 Å². The lowest BCUT2D eigenvalue weighted by atomic mass is 10.2. The van der Waals surface area contributed by atoms with E-state index >= 15 is 0 Å². The summed E-state index contributed by atoms with van der Waals surface area (Å²) < 4.78 is 27.7. The Kier molecular flexibility index (Phi) is 6.30. The van der Waals surface area contributed by atoms with E-state index in [0.717, 1.165) is 0 Å². The molecule has 0 aliphatic heterocycles. The van der Waals surface area contributed by atoms with Gasteiger partial charge in [0.15, 0.2) is 0 Å². The Hall–Kier alpha value is -3.89. The van der Waals surface area contributed by atoms with E-state index in [9.17, 15) is 13.2 Å². The third-order valence-electron chi connectivity index (χ3n) is 4.30. The molecule has 0 atom stereocenters. The normalized spacial score (nSPS) is 10.6. The van der Waals surface area contributed by atoms with Crippen molar-refractivity contribution in [2.75, 3.05) is 16.2 Å². The minimum atomic E-state index is -3.91. The van der Waals surface area contributed by atoms with Gasteiger partial charge in [0, 0.05) is 11.3 Å². The van der Waals surface area contributed by atoms with Gasteiger partial charge >= 0.3 is 0 Å². The molecule has 0 spiro atoms. The van der Waals surface area contributed by atoms with Crippen LogP contribution in [0.2, 0.25) is 0 Å². The summed E-state index contributed by atoms with van der Waals surface area (Å²) in [7, 11) is -3.91. The molecule has 1 N–H and O–H groups in total. The summed E-state index contributed by atoms with van der Waals surface area (Å²) in [6.07, 6.45) is 1.51. The van der Waals surface area contributed by atoms with Gasteiger partial charge in [-0.2, -0.15) is 5.26 Å². The van der Waals surface area contributed by atoms with Gasteiger partial charge in [0.1, 0.15) is 0 Å². The van der Waals surface area contributed by atoms with Crippen molar-refractivity contribution in [2.24, 2.45) is 0 Å². The molecule has 0 heterocycles. The Morgan fingerprint density at radius 3 is 2.37 bits per heavy atom. The van der Waals surface area contributed by atoms with Gasteiger partial charge < -0.3 is 5.32 Å². The lowest BCUT2D eigenvalue weighted by Gasteiger charge is -2.23. The summed E-state index contributed by atoms with van der Waals surface area (Å²) in [5.74, 6) is -0.452. The summed E-state index contributed by atoms with van der Waals surface area (Å²) in [6.45, 7) is 3.74. The molecule has 0 unspecified atom stereocenters. The second-order valence-electron chi connectivity index (χ2n) is 6.33. The maximum atomic E-state index is 13.2. The number of rotatable bonds is 7. The van der Waals surface area contributed by atoms with Crippen molar-refractivity contribution in [1.29, 1.82) is 5.26 Å². The maximum absolute atomic E-state index is 13.2. The molecule has 30 heavy (non-hydrogen) atoms. The van der Waals surface area contributed by atoms with Gasteiger partial charge in [-0.05, 0) is 54.6 Å². The van der Waals surface area contributed by atoms with Gasteiger partial charge in [0.05, 0.1) is 28.8 Å². The predicted molar refractivity (Wildman–Crippen MR) is 117 cm³/mol. The first-order chi connectivity index (χ1) is 14.5. The number of amides is 1. The van der Waals surface area contributed by atoms with Crippen LogP contribution in [0.1, 0.15) is 15.9 Å². The average Bonchev–Trinajstić information content (AvgIpc) is 2.78. The van der Waals surface area contributed by atoms with E-state index in [-0.39, 0.29) is 17.0 Å². The number of hydrogen-bond donors (Lipinski definition) is 1. The summed E-state index contributed by atoms with van der Waals surface area (Å²) in [4.78, 5) is 12.6. The van der Waals surface area contributed by atoms with Gasteiger partial charge in [0.25, 0.3) is 15.9 Å². The van der Waals surface area contributed by atoms with Crippen LogP contribution in [-0.4, -0.2) is 20.9 Å². The summed E-state index contributed by atoms with van der Waals surface area (Å²) in [5.41, 5.74) is 1.69. The Labute approximate surface area is 175 Å². The highest BCUT2D eigenvalue weighted by Gasteiger charge is 2.24. The first kappa shape index (κ1) is 20.8. The van der Waals surface area contributed by atoms with E-state index in [0.29, 0.717) is 16.9 Å². The second-order valence-corrected chi connectivity index (χ2v) is 8.19. The third kappa shape index (κ3) is 4.57. The number of benzene rings is 3. The maximum Gasteiger partial charge on any atom is 0.264 e. The van der Waals surface area contributed by atoms with Crippen molar-refractivity contribution >= 4 is 27.3 Å². The van der Waals surface area contributed by atoms with Gasteiger partial charge in [-0.25, -0.2) is 8.42 Å². The number of anilines is 2. The molecule has 3 aromatic carbocycles. The molecule has 3 aromatic rings. The van der Waals surface area contributed by atoms with Crippen LogP contribution in [0.4, 0.5) is 11.4 Å². The fourth-order valence-electron chi connectivity index (χ4n) is 2.81. The fourth-order valence-corrected chi connectivity index (χ4v) is 4.29. The molecule has 150 valence electrons. The fraction of sp³-hybridized carbons (Fsp3) is 0.0435. The zero-order valence-corrected chi connectivity index (χ0v) is 16.8. The number of carbonyl (C=O) groups excluding carboxylic acids is 1. The van der Waals surface area contributed by atoms with Crippen molar-refractivity contribution in [3.05, 3.63) is 103 Å². The minimum absolute atomic E-state index is 0.000631. The van der Waals surface area contributed by atoms with Gasteiger partial charge in [0.2, 0.25) is 0 Å². The number of carbonyl (C=O) groups is 1. The van der Waals surface area contributed by atoms with Crippen molar-refractivity contribution in [2.45, 2.75) is 4.90 Å². The van der Waals surface area contributed by atoms with Gasteiger partial charge in [-0.1, -0.05) is 30.3 Å². The lowest BCUT2D eigenvalue weighted by Crippen LogP contribution is -2.31. The lowest BCUT2D eigenvalue weighted by molar-refractivity contribution is 0.102. The second kappa shape index (κ2) is 9.07. The van der Waals surface area contributed by atoms with E-state index in [4.69, 9.17) is 5.26 Å². The molecule has 0 saturated heterocycles. The number of nitrogens with one attached hydrogen (secondary N) is 1.